The van der Waals surface area contributed by atoms with Crippen molar-refractivity contribution in [1.29, 1.82) is 0 Å². The second kappa shape index (κ2) is 9.25. The fourth-order valence-electron chi connectivity index (χ4n) is 2.19. The highest BCUT2D eigenvalue weighted by atomic mass is 32.2. The highest BCUT2D eigenvalue weighted by Crippen LogP contribution is 2.12. The number of carbonyl (C=O) groups excluding carboxylic acids is 3. The molecule has 1 amide bonds. The van der Waals surface area contributed by atoms with Gasteiger partial charge < -0.3 is 9.64 Å². The van der Waals surface area contributed by atoms with Crippen molar-refractivity contribution >= 4 is 33.4 Å². The van der Waals surface area contributed by atoms with E-state index in [1.54, 1.807) is 31.3 Å². The number of carbonyl (C=O) groups is 3. The van der Waals surface area contributed by atoms with Crippen molar-refractivity contribution < 1.29 is 27.5 Å². The van der Waals surface area contributed by atoms with Crippen LogP contribution in [-0.4, -0.2) is 46.3 Å². The molecule has 2 aromatic carbocycles. The third-order valence-corrected chi connectivity index (χ3v) is 5.27. The number of amides is 1. The van der Waals surface area contributed by atoms with E-state index in [9.17, 15) is 22.8 Å². The second-order valence-corrected chi connectivity index (χ2v) is 7.62. The van der Waals surface area contributed by atoms with Gasteiger partial charge in [0.15, 0.2) is 12.4 Å². The average molecular weight is 404 g/mol. The summed E-state index contributed by atoms with van der Waals surface area (Å²) in [5.74, 6) is -1.54. The first-order chi connectivity index (χ1) is 13.2. The van der Waals surface area contributed by atoms with E-state index in [2.05, 4.69) is 4.72 Å². The highest BCUT2D eigenvalue weighted by Gasteiger charge is 2.18. The molecule has 0 fully saturated rings. The zero-order valence-corrected chi connectivity index (χ0v) is 16.2. The van der Waals surface area contributed by atoms with Crippen LogP contribution in [0.5, 0.6) is 0 Å². The lowest BCUT2D eigenvalue weighted by Crippen LogP contribution is -2.34. The Morgan fingerprint density at radius 1 is 1.00 bits per heavy atom. The molecule has 0 spiro atoms. The van der Waals surface area contributed by atoms with Gasteiger partial charge in [0.05, 0.1) is 4.90 Å². The number of nitrogens with zero attached hydrogens (tertiary/aromatic N) is 1. The number of Topliss-reactive ketones (excluding diaryl/α,β-unsaturated/α-hetero) is 1. The lowest BCUT2D eigenvalue weighted by molar-refractivity contribution is -0.146. The molecule has 0 atom stereocenters. The topological polar surface area (TPSA) is 110 Å². The lowest BCUT2D eigenvalue weighted by Gasteiger charge is -2.17. The van der Waals surface area contributed by atoms with Crippen molar-refractivity contribution in [2.75, 3.05) is 25.1 Å². The third-order valence-electron chi connectivity index (χ3n) is 3.85. The van der Waals surface area contributed by atoms with Gasteiger partial charge in [0.2, 0.25) is 10.0 Å². The van der Waals surface area contributed by atoms with Gasteiger partial charge in [-0.15, -0.1) is 0 Å². The van der Waals surface area contributed by atoms with E-state index in [-0.39, 0.29) is 10.7 Å². The van der Waals surface area contributed by atoms with E-state index in [1.165, 1.54) is 36.1 Å². The first-order valence-electron chi connectivity index (χ1n) is 8.28. The zero-order chi connectivity index (χ0) is 20.7. The molecule has 0 radical (unpaired) electrons. The minimum Gasteiger partial charge on any atom is -0.455 e. The van der Waals surface area contributed by atoms with Crippen LogP contribution in [0.3, 0.4) is 0 Å². The van der Waals surface area contributed by atoms with Gasteiger partial charge in [0.1, 0.15) is 6.54 Å². The number of benzene rings is 2. The number of sulfonamides is 1. The van der Waals surface area contributed by atoms with Crippen LogP contribution >= 0.6 is 0 Å². The maximum atomic E-state index is 12.2. The molecule has 0 aromatic heterocycles. The number of rotatable bonds is 8. The van der Waals surface area contributed by atoms with E-state index in [0.717, 1.165) is 0 Å². The molecule has 0 aliphatic rings. The van der Waals surface area contributed by atoms with E-state index in [4.69, 9.17) is 4.74 Å². The molecular formula is C19H20N2O6S. The van der Waals surface area contributed by atoms with Crippen molar-refractivity contribution in [3.8, 4) is 0 Å². The number of para-hydroxylation sites is 1. The summed E-state index contributed by atoms with van der Waals surface area (Å²) in [6.07, 6.45) is 0. The van der Waals surface area contributed by atoms with Crippen LogP contribution in [0, 0.1) is 0 Å². The largest absolute Gasteiger partial charge is 0.455 e. The van der Waals surface area contributed by atoms with Crippen LogP contribution in [0.4, 0.5) is 5.69 Å². The number of ketones is 1. The fourth-order valence-corrected chi connectivity index (χ4v) is 3.16. The molecule has 0 saturated heterocycles. The van der Waals surface area contributed by atoms with Gasteiger partial charge in [-0.3, -0.25) is 14.4 Å². The Kier molecular flexibility index (Phi) is 7.02. The molecule has 1 N–H and O–H groups in total. The monoisotopic (exact) mass is 404 g/mol. The Morgan fingerprint density at radius 3 is 2.18 bits per heavy atom. The summed E-state index contributed by atoms with van der Waals surface area (Å²) < 4.78 is 31.3. The Balaban J connectivity index is 1.86. The van der Waals surface area contributed by atoms with Gasteiger partial charge >= 0.3 is 5.97 Å². The lowest BCUT2D eigenvalue weighted by atomic mass is 10.2. The first-order valence-corrected chi connectivity index (χ1v) is 9.77. The number of likely N-dealkylation sites (N-methyl/N-ethyl adjacent to an activating group) is 1. The highest BCUT2D eigenvalue weighted by molar-refractivity contribution is 7.89. The zero-order valence-electron chi connectivity index (χ0n) is 15.4. The maximum absolute atomic E-state index is 12.2. The summed E-state index contributed by atoms with van der Waals surface area (Å²) >= 11 is 0. The van der Waals surface area contributed by atoms with Gasteiger partial charge in [-0.2, -0.15) is 4.72 Å². The van der Waals surface area contributed by atoms with Crippen molar-refractivity contribution in [2.45, 2.75) is 11.8 Å². The quantitative estimate of drug-likeness (QED) is 0.526. The van der Waals surface area contributed by atoms with Gasteiger partial charge in [-0.25, -0.2) is 8.42 Å². The fraction of sp³-hybridized carbons (Fsp3) is 0.211. The van der Waals surface area contributed by atoms with Crippen LogP contribution < -0.4 is 9.62 Å². The molecule has 0 saturated carbocycles. The predicted molar refractivity (Wildman–Crippen MR) is 102 cm³/mol. The van der Waals surface area contributed by atoms with Crippen LogP contribution in [0.2, 0.25) is 0 Å². The van der Waals surface area contributed by atoms with E-state index in [0.29, 0.717) is 11.3 Å². The molecule has 2 rings (SSSR count). The summed E-state index contributed by atoms with van der Waals surface area (Å²) in [6.45, 7) is 0.229. The summed E-state index contributed by atoms with van der Waals surface area (Å²) in [4.78, 5) is 36.3. The molecule has 28 heavy (non-hydrogen) atoms. The predicted octanol–water partition coefficient (Wildman–Crippen LogP) is 1.37. The molecular weight excluding hydrogens is 384 g/mol. The second-order valence-electron chi connectivity index (χ2n) is 5.85. The van der Waals surface area contributed by atoms with Crippen molar-refractivity contribution in [1.82, 2.24) is 4.72 Å². The minimum absolute atomic E-state index is 0.0924. The Hall–Kier alpha value is -3.04. The van der Waals surface area contributed by atoms with Crippen molar-refractivity contribution in [2.24, 2.45) is 0 Å². The minimum atomic E-state index is -3.95. The first kappa shape index (κ1) is 21.3. The number of anilines is 1. The van der Waals surface area contributed by atoms with Crippen molar-refractivity contribution in [3.63, 3.8) is 0 Å². The summed E-state index contributed by atoms with van der Waals surface area (Å²) in [5.41, 5.74) is 1.01. The molecule has 148 valence electrons. The Labute approximate surface area is 163 Å². The smallest absolute Gasteiger partial charge is 0.321 e. The SMILES string of the molecule is CC(=O)c1ccc(S(=O)(=O)NCC(=O)OCC(=O)N(C)c2ccccc2)cc1. The van der Waals surface area contributed by atoms with Gasteiger partial charge in [-0.1, -0.05) is 30.3 Å². The molecule has 0 heterocycles. The molecule has 0 aliphatic carbocycles. The third kappa shape index (κ3) is 5.73. The van der Waals surface area contributed by atoms with Crippen LogP contribution in [0.25, 0.3) is 0 Å². The molecule has 0 bridgehead atoms. The van der Waals surface area contributed by atoms with E-state index < -0.39 is 35.1 Å². The molecule has 2 aromatic rings. The summed E-state index contributed by atoms with van der Waals surface area (Å²) in [5, 5.41) is 0. The number of nitrogens with one attached hydrogen (secondary N) is 1. The summed E-state index contributed by atoms with van der Waals surface area (Å²) in [6, 6.07) is 14.1. The van der Waals surface area contributed by atoms with Crippen LogP contribution in [0.15, 0.2) is 59.5 Å². The van der Waals surface area contributed by atoms with Gasteiger partial charge in [0, 0.05) is 18.3 Å². The maximum Gasteiger partial charge on any atom is 0.321 e. The number of hydrogen-bond acceptors (Lipinski definition) is 6. The van der Waals surface area contributed by atoms with Crippen LogP contribution in [0.1, 0.15) is 17.3 Å². The molecule has 8 nitrogen and oxygen atoms in total. The van der Waals surface area contributed by atoms with E-state index >= 15 is 0 Å². The molecule has 0 aliphatic heterocycles. The Bertz CT molecular complexity index is 956. The van der Waals surface area contributed by atoms with Crippen LogP contribution in [-0.2, 0) is 24.3 Å². The van der Waals surface area contributed by atoms with Gasteiger partial charge in [-0.05, 0) is 31.2 Å². The average Bonchev–Trinajstić information content (AvgIpc) is 2.70. The normalized spacial score (nSPS) is 10.9. The Morgan fingerprint density at radius 2 is 1.61 bits per heavy atom. The molecule has 9 heteroatoms. The number of hydrogen-bond donors (Lipinski definition) is 1. The standard InChI is InChI=1S/C19H20N2O6S/c1-14(22)15-8-10-17(11-9-15)28(25,26)20-12-19(24)27-13-18(23)21(2)16-6-4-3-5-7-16/h3-11,20H,12-13H2,1-2H3. The van der Waals surface area contributed by atoms with Gasteiger partial charge in [0.25, 0.3) is 5.91 Å². The number of esters is 1. The molecule has 0 unspecified atom stereocenters. The van der Waals surface area contributed by atoms with E-state index in [1.807, 2.05) is 6.07 Å². The summed E-state index contributed by atoms with van der Waals surface area (Å²) in [7, 11) is -2.41. The number of ether oxygens (including phenoxy) is 1. The van der Waals surface area contributed by atoms with Crippen molar-refractivity contribution in [3.05, 3.63) is 60.2 Å².